The van der Waals surface area contributed by atoms with Crippen LogP contribution in [0.15, 0.2) is 22.7 Å². The Bertz CT molecular complexity index is 538. The van der Waals surface area contributed by atoms with Gasteiger partial charge in [0, 0.05) is 11.4 Å². The molecule has 0 bridgehead atoms. The lowest BCUT2D eigenvalue weighted by molar-refractivity contribution is 0.403. The average molecular weight is 247 g/mol. The third-order valence-corrected chi connectivity index (χ3v) is 3.35. The minimum absolute atomic E-state index is 0.0661. The van der Waals surface area contributed by atoms with E-state index in [2.05, 4.69) is 16.4 Å². The summed E-state index contributed by atoms with van der Waals surface area (Å²) in [6, 6.07) is 5.99. The maximum absolute atomic E-state index is 8.72. The fourth-order valence-corrected chi connectivity index (χ4v) is 2.20. The first kappa shape index (κ1) is 11.8. The van der Waals surface area contributed by atoms with Gasteiger partial charge < -0.3 is 9.73 Å². The summed E-state index contributed by atoms with van der Waals surface area (Å²) < 4.78 is 5.44. The standard InChI is InChI=1S/C12H13N3OS/c1-8-6-15-12(16-8)9(2)14-7-11-4-3-10(5-13)17-11/h3-4,6,9,14H,7H2,1-2H3. The average Bonchev–Trinajstić information content (AvgIpc) is 2.94. The minimum atomic E-state index is 0.0661. The Kier molecular flexibility index (Phi) is 3.57. The van der Waals surface area contributed by atoms with E-state index in [9.17, 15) is 0 Å². The van der Waals surface area contributed by atoms with Crippen molar-refractivity contribution in [3.63, 3.8) is 0 Å². The first-order valence-electron chi connectivity index (χ1n) is 5.33. The molecular formula is C12H13N3OS. The van der Waals surface area contributed by atoms with E-state index in [0.717, 1.165) is 22.1 Å². The van der Waals surface area contributed by atoms with Crippen LogP contribution in [0, 0.1) is 18.3 Å². The fourth-order valence-electron chi connectivity index (χ4n) is 1.45. The summed E-state index contributed by atoms with van der Waals surface area (Å²) >= 11 is 1.50. The Morgan fingerprint density at radius 2 is 2.41 bits per heavy atom. The lowest BCUT2D eigenvalue weighted by Gasteiger charge is -2.08. The number of hydrogen-bond acceptors (Lipinski definition) is 5. The van der Waals surface area contributed by atoms with Gasteiger partial charge in [-0.15, -0.1) is 11.3 Å². The van der Waals surface area contributed by atoms with Crippen molar-refractivity contribution in [2.75, 3.05) is 0 Å². The number of rotatable bonds is 4. The smallest absolute Gasteiger partial charge is 0.211 e. The molecule has 2 aromatic rings. The van der Waals surface area contributed by atoms with E-state index in [1.807, 2.05) is 26.0 Å². The molecule has 1 unspecified atom stereocenters. The van der Waals surface area contributed by atoms with Gasteiger partial charge in [-0.1, -0.05) is 0 Å². The SMILES string of the molecule is Cc1cnc(C(C)NCc2ccc(C#N)s2)o1. The van der Waals surface area contributed by atoms with Crippen LogP contribution in [0.2, 0.25) is 0 Å². The summed E-state index contributed by atoms with van der Waals surface area (Å²) in [7, 11) is 0. The number of thiophene rings is 1. The van der Waals surface area contributed by atoms with E-state index >= 15 is 0 Å². The molecule has 0 aliphatic rings. The van der Waals surface area contributed by atoms with Gasteiger partial charge in [0.1, 0.15) is 16.7 Å². The maximum Gasteiger partial charge on any atom is 0.211 e. The Morgan fingerprint density at radius 3 is 3.00 bits per heavy atom. The molecule has 0 spiro atoms. The van der Waals surface area contributed by atoms with Crippen LogP contribution in [0.1, 0.15) is 34.4 Å². The Morgan fingerprint density at radius 1 is 1.59 bits per heavy atom. The second-order valence-corrected chi connectivity index (χ2v) is 4.96. The van der Waals surface area contributed by atoms with E-state index in [4.69, 9.17) is 9.68 Å². The zero-order valence-corrected chi connectivity index (χ0v) is 10.5. The Labute approximate surface area is 104 Å². The normalized spacial score (nSPS) is 12.3. The second-order valence-electron chi connectivity index (χ2n) is 3.79. The topological polar surface area (TPSA) is 61.9 Å². The van der Waals surface area contributed by atoms with Crippen LogP contribution in [-0.4, -0.2) is 4.98 Å². The molecule has 0 aromatic carbocycles. The van der Waals surface area contributed by atoms with Crippen molar-refractivity contribution in [2.24, 2.45) is 0 Å². The van der Waals surface area contributed by atoms with Gasteiger partial charge in [0.15, 0.2) is 0 Å². The van der Waals surface area contributed by atoms with Crippen molar-refractivity contribution < 1.29 is 4.42 Å². The highest BCUT2D eigenvalue weighted by molar-refractivity contribution is 7.12. The van der Waals surface area contributed by atoms with Gasteiger partial charge in [-0.25, -0.2) is 4.98 Å². The fraction of sp³-hybridized carbons (Fsp3) is 0.333. The van der Waals surface area contributed by atoms with Crippen molar-refractivity contribution in [2.45, 2.75) is 26.4 Å². The lowest BCUT2D eigenvalue weighted by Crippen LogP contribution is -2.17. The number of aryl methyl sites for hydroxylation is 1. The summed E-state index contributed by atoms with van der Waals surface area (Å²) in [6.07, 6.45) is 1.71. The molecule has 2 rings (SSSR count). The quantitative estimate of drug-likeness (QED) is 0.902. The zero-order chi connectivity index (χ0) is 12.3. The number of nitriles is 1. The molecule has 2 aromatic heterocycles. The molecule has 1 N–H and O–H groups in total. The summed E-state index contributed by atoms with van der Waals surface area (Å²) in [5, 5.41) is 12.0. The largest absolute Gasteiger partial charge is 0.444 e. The van der Waals surface area contributed by atoms with E-state index < -0.39 is 0 Å². The molecule has 0 aliphatic heterocycles. The molecule has 2 heterocycles. The van der Waals surface area contributed by atoms with Crippen LogP contribution in [0.5, 0.6) is 0 Å². The van der Waals surface area contributed by atoms with Crippen molar-refractivity contribution in [3.8, 4) is 6.07 Å². The lowest BCUT2D eigenvalue weighted by atomic mass is 10.3. The van der Waals surface area contributed by atoms with Crippen LogP contribution < -0.4 is 5.32 Å². The highest BCUT2D eigenvalue weighted by Crippen LogP contribution is 2.17. The van der Waals surface area contributed by atoms with Crippen LogP contribution >= 0.6 is 11.3 Å². The van der Waals surface area contributed by atoms with Gasteiger partial charge in [-0.3, -0.25) is 0 Å². The zero-order valence-electron chi connectivity index (χ0n) is 9.73. The van der Waals surface area contributed by atoms with Gasteiger partial charge in [0.05, 0.1) is 12.2 Å². The first-order chi connectivity index (χ1) is 8.19. The summed E-state index contributed by atoms with van der Waals surface area (Å²) in [5.41, 5.74) is 0. The molecule has 0 saturated carbocycles. The highest BCUT2D eigenvalue weighted by atomic mass is 32.1. The van der Waals surface area contributed by atoms with E-state index in [-0.39, 0.29) is 6.04 Å². The third kappa shape index (κ3) is 2.93. The number of aromatic nitrogens is 1. The minimum Gasteiger partial charge on any atom is -0.444 e. The van der Waals surface area contributed by atoms with Gasteiger partial charge in [0.2, 0.25) is 5.89 Å². The van der Waals surface area contributed by atoms with Crippen molar-refractivity contribution in [1.29, 1.82) is 5.26 Å². The van der Waals surface area contributed by atoms with Crippen LogP contribution in [0.3, 0.4) is 0 Å². The van der Waals surface area contributed by atoms with Gasteiger partial charge >= 0.3 is 0 Å². The van der Waals surface area contributed by atoms with Gasteiger partial charge in [-0.2, -0.15) is 5.26 Å². The number of nitrogens with one attached hydrogen (secondary N) is 1. The Hall–Kier alpha value is -1.64. The summed E-state index contributed by atoms with van der Waals surface area (Å²) in [6.45, 7) is 4.60. The number of hydrogen-bond donors (Lipinski definition) is 1. The predicted octanol–water partition coefficient (Wildman–Crippen LogP) is 2.77. The first-order valence-corrected chi connectivity index (χ1v) is 6.15. The molecule has 0 amide bonds. The van der Waals surface area contributed by atoms with Crippen LogP contribution in [0.25, 0.3) is 0 Å². The second kappa shape index (κ2) is 5.13. The number of oxazole rings is 1. The third-order valence-electron chi connectivity index (χ3n) is 2.36. The predicted molar refractivity (Wildman–Crippen MR) is 65.5 cm³/mol. The van der Waals surface area contributed by atoms with Crippen molar-refractivity contribution in [1.82, 2.24) is 10.3 Å². The van der Waals surface area contributed by atoms with Crippen LogP contribution in [-0.2, 0) is 6.54 Å². The summed E-state index contributed by atoms with van der Waals surface area (Å²) in [4.78, 5) is 6.04. The molecule has 4 nitrogen and oxygen atoms in total. The monoisotopic (exact) mass is 247 g/mol. The molecule has 0 aliphatic carbocycles. The molecule has 5 heteroatoms. The molecule has 0 fully saturated rings. The molecule has 0 saturated heterocycles. The maximum atomic E-state index is 8.72. The summed E-state index contributed by atoms with van der Waals surface area (Å²) in [5.74, 6) is 1.51. The Balaban J connectivity index is 1.92. The van der Waals surface area contributed by atoms with Crippen LogP contribution in [0.4, 0.5) is 0 Å². The highest BCUT2D eigenvalue weighted by Gasteiger charge is 2.10. The molecule has 0 radical (unpaired) electrons. The van der Waals surface area contributed by atoms with Gasteiger partial charge in [0.25, 0.3) is 0 Å². The molecular weight excluding hydrogens is 234 g/mol. The number of nitrogens with zero attached hydrogens (tertiary/aromatic N) is 2. The van der Waals surface area contributed by atoms with Crippen molar-refractivity contribution >= 4 is 11.3 Å². The van der Waals surface area contributed by atoms with Gasteiger partial charge in [-0.05, 0) is 26.0 Å². The van der Waals surface area contributed by atoms with E-state index in [1.54, 1.807) is 6.20 Å². The molecule has 88 valence electrons. The van der Waals surface area contributed by atoms with Crippen molar-refractivity contribution in [3.05, 3.63) is 39.7 Å². The molecule has 1 atom stereocenters. The molecule has 17 heavy (non-hydrogen) atoms. The van der Waals surface area contributed by atoms with E-state index in [1.165, 1.54) is 11.3 Å². The van der Waals surface area contributed by atoms with E-state index in [0.29, 0.717) is 5.89 Å².